The number of benzene rings is 2. The van der Waals surface area contributed by atoms with Gasteiger partial charge in [-0.05, 0) is 96.2 Å². The lowest BCUT2D eigenvalue weighted by atomic mass is 10.00. The first-order valence-corrected chi connectivity index (χ1v) is 10.7. The number of unbranched alkanes of at least 4 members (excludes halogenated alkanes) is 1. The van der Waals surface area contributed by atoms with Crippen molar-refractivity contribution in [2.24, 2.45) is 5.73 Å². The van der Waals surface area contributed by atoms with E-state index in [1.807, 2.05) is 12.3 Å². The number of amides is 2. The molecule has 2 aromatic rings. The predicted molar refractivity (Wildman–Crippen MR) is 117 cm³/mol. The first-order chi connectivity index (χ1) is 13.9. The van der Waals surface area contributed by atoms with E-state index >= 15 is 0 Å². The van der Waals surface area contributed by atoms with Crippen molar-refractivity contribution in [1.82, 2.24) is 5.06 Å². The molecule has 4 nitrogen and oxygen atoms in total. The molecule has 0 bridgehead atoms. The molecular formula is C23H25FN2O2S. The van der Waals surface area contributed by atoms with Crippen LogP contribution in [0.4, 0.5) is 9.18 Å². The van der Waals surface area contributed by atoms with Gasteiger partial charge in [-0.3, -0.25) is 5.21 Å². The molecule has 0 fully saturated rings. The van der Waals surface area contributed by atoms with Crippen molar-refractivity contribution >= 4 is 35.0 Å². The van der Waals surface area contributed by atoms with Crippen LogP contribution in [-0.4, -0.2) is 29.1 Å². The summed E-state index contributed by atoms with van der Waals surface area (Å²) in [7, 11) is 0. The zero-order chi connectivity index (χ0) is 21.0. The number of allylic oxidation sites excluding steroid dienone is 3. The van der Waals surface area contributed by atoms with Gasteiger partial charge < -0.3 is 5.73 Å². The molecule has 3 N–H and O–H groups in total. The molecule has 0 aliphatic heterocycles. The molecule has 0 spiro atoms. The Kier molecular flexibility index (Phi) is 6.77. The Morgan fingerprint density at radius 3 is 2.55 bits per heavy atom. The van der Waals surface area contributed by atoms with Crippen LogP contribution in [0.1, 0.15) is 42.9 Å². The molecule has 0 heterocycles. The maximum Gasteiger partial charge on any atom is 0.338 e. The summed E-state index contributed by atoms with van der Waals surface area (Å²) in [6.45, 7) is 2.25. The van der Waals surface area contributed by atoms with Crippen LogP contribution >= 0.6 is 11.8 Å². The van der Waals surface area contributed by atoms with Crippen molar-refractivity contribution in [3.8, 4) is 0 Å². The molecule has 2 amide bonds. The molecule has 0 unspecified atom stereocenters. The zero-order valence-corrected chi connectivity index (χ0v) is 17.4. The summed E-state index contributed by atoms with van der Waals surface area (Å²) in [5.74, 6) is -0.255. The molecule has 1 aliphatic rings. The summed E-state index contributed by atoms with van der Waals surface area (Å²) in [5, 5.41) is 9.92. The topological polar surface area (TPSA) is 66.6 Å². The lowest BCUT2D eigenvalue weighted by Gasteiger charge is -2.12. The normalized spacial score (nSPS) is 14.4. The number of hydrogen-bond acceptors (Lipinski definition) is 3. The first kappa shape index (κ1) is 21.1. The Morgan fingerprint density at radius 2 is 1.90 bits per heavy atom. The summed E-state index contributed by atoms with van der Waals surface area (Å²) in [5.41, 5.74) is 11.4. The number of nitrogens with two attached hydrogens (primary N) is 1. The first-order valence-electron chi connectivity index (χ1n) is 9.52. The number of carbonyl (C=O) groups excluding carboxylic acids is 1. The van der Waals surface area contributed by atoms with Gasteiger partial charge in [-0.15, -0.1) is 11.8 Å². The van der Waals surface area contributed by atoms with E-state index in [2.05, 4.69) is 37.3 Å². The number of carbonyl (C=O) groups is 1. The molecule has 0 saturated heterocycles. The van der Waals surface area contributed by atoms with Crippen molar-refractivity contribution in [2.75, 3.05) is 12.8 Å². The van der Waals surface area contributed by atoms with E-state index in [4.69, 9.17) is 5.73 Å². The van der Waals surface area contributed by atoms with E-state index in [9.17, 15) is 14.4 Å². The maximum atomic E-state index is 13.9. The smallest absolute Gasteiger partial charge is 0.338 e. The summed E-state index contributed by atoms with van der Waals surface area (Å²) < 4.78 is 13.9. The van der Waals surface area contributed by atoms with Gasteiger partial charge in [0.1, 0.15) is 5.82 Å². The average Bonchev–Trinajstić information content (AvgIpc) is 2.96. The SMILES string of the molecule is CSc1ccc(/C=C2\C(C)=C(CCCCN(O)C(N)=O)c3cc(F)ccc32)cc1. The van der Waals surface area contributed by atoms with Gasteiger partial charge in [-0.2, -0.15) is 0 Å². The van der Waals surface area contributed by atoms with Gasteiger partial charge in [-0.1, -0.05) is 18.2 Å². The third-order valence-electron chi connectivity index (χ3n) is 5.18. The fourth-order valence-corrected chi connectivity index (χ4v) is 4.02. The van der Waals surface area contributed by atoms with E-state index in [0.717, 1.165) is 46.3 Å². The van der Waals surface area contributed by atoms with Gasteiger partial charge in [-0.25, -0.2) is 14.2 Å². The molecule has 0 atom stereocenters. The Bertz CT molecular complexity index is 967. The van der Waals surface area contributed by atoms with Crippen molar-refractivity contribution in [2.45, 2.75) is 31.1 Å². The molecule has 3 rings (SSSR count). The second kappa shape index (κ2) is 9.29. The van der Waals surface area contributed by atoms with E-state index in [1.165, 1.54) is 11.0 Å². The molecule has 2 aromatic carbocycles. The number of nitrogens with zero attached hydrogens (tertiary/aromatic N) is 1. The highest BCUT2D eigenvalue weighted by atomic mass is 32.2. The number of fused-ring (bicyclic) bond motifs is 1. The summed E-state index contributed by atoms with van der Waals surface area (Å²) in [6.07, 6.45) is 6.29. The van der Waals surface area contributed by atoms with Gasteiger partial charge in [0.2, 0.25) is 0 Å². The molecule has 29 heavy (non-hydrogen) atoms. The zero-order valence-electron chi connectivity index (χ0n) is 16.6. The Labute approximate surface area is 174 Å². The van der Waals surface area contributed by atoms with Crippen LogP contribution in [0, 0.1) is 5.82 Å². The second-order valence-corrected chi connectivity index (χ2v) is 7.92. The fourth-order valence-electron chi connectivity index (χ4n) is 3.62. The lowest BCUT2D eigenvalue weighted by molar-refractivity contribution is -0.0401. The highest BCUT2D eigenvalue weighted by Gasteiger charge is 2.24. The third-order valence-corrected chi connectivity index (χ3v) is 5.93. The summed E-state index contributed by atoms with van der Waals surface area (Å²) in [4.78, 5) is 12.1. The number of thioether (sulfide) groups is 1. The minimum Gasteiger partial charge on any atom is -0.350 e. The molecule has 1 aliphatic carbocycles. The van der Waals surface area contributed by atoms with E-state index in [-0.39, 0.29) is 12.4 Å². The molecular weight excluding hydrogens is 387 g/mol. The van der Waals surface area contributed by atoms with Gasteiger partial charge >= 0.3 is 6.03 Å². The maximum absolute atomic E-state index is 13.9. The van der Waals surface area contributed by atoms with Crippen LogP contribution in [0.3, 0.4) is 0 Å². The molecule has 0 saturated carbocycles. The van der Waals surface area contributed by atoms with E-state index in [0.29, 0.717) is 11.5 Å². The number of hydroxylamine groups is 2. The van der Waals surface area contributed by atoms with Crippen molar-refractivity contribution in [3.05, 3.63) is 70.5 Å². The van der Waals surface area contributed by atoms with Gasteiger partial charge in [0.05, 0.1) is 6.54 Å². The Balaban J connectivity index is 1.85. The van der Waals surface area contributed by atoms with Gasteiger partial charge in [0.15, 0.2) is 0 Å². The largest absolute Gasteiger partial charge is 0.350 e. The van der Waals surface area contributed by atoms with E-state index in [1.54, 1.807) is 17.8 Å². The molecule has 152 valence electrons. The van der Waals surface area contributed by atoms with Crippen LogP contribution in [0.2, 0.25) is 0 Å². The summed E-state index contributed by atoms with van der Waals surface area (Å²) >= 11 is 1.70. The number of halogens is 1. The fraction of sp³-hybridized carbons (Fsp3) is 0.261. The predicted octanol–water partition coefficient (Wildman–Crippen LogP) is 5.82. The monoisotopic (exact) mass is 412 g/mol. The number of hydrogen-bond donors (Lipinski definition) is 2. The van der Waals surface area contributed by atoms with Crippen LogP contribution < -0.4 is 5.73 Å². The van der Waals surface area contributed by atoms with Crippen LogP contribution in [0.15, 0.2) is 52.9 Å². The molecule has 0 radical (unpaired) electrons. The summed E-state index contributed by atoms with van der Waals surface area (Å²) in [6, 6.07) is 12.4. The highest BCUT2D eigenvalue weighted by molar-refractivity contribution is 7.98. The number of urea groups is 1. The number of primary amides is 1. The minimum absolute atomic E-state index is 0.183. The van der Waals surface area contributed by atoms with Crippen LogP contribution in [0.5, 0.6) is 0 Å². The molecule has 6 heteroatoms. The minimum atomic E-state index is -0.855. The Hall–Kier alpha value is -2.57. The molecule has 0 aromatic heterocycles. The van der Waals surface area contributed by atoms with Crippen LogP contribution in [-0.2, 0) is 0 Å². The van der Waals surface area contributed by atoms with E-state index < -0.39 is 6.03 Å². The second-order valence-electron chi connectivity index (χ2n) is 7.04. The third kappa shape index (κ3) is 4.89. The standard InChI is InChI=1S/C23H25FN2O2S/c1-15-19(5-3-4-12-26(28)23(25)27)22-14-17(24)8-11-20(22)21(15)13-16-6-9-18(29-2)10-7-16/h6-11,13-14,28H,3-5,12H2,1-2H3,(H2,25,27)/b21-13+. The quantitative estimate of drug-likeness (QED) is 0.261. The average molecular weight is 413 g/mol. The van der Waals surface area contributed by atoms with Crippen molar-refractivity contribution in [3.63, 3.8) is 0 Å². The lowest BCUT2D eigenvalue weighted by Crippen LogP contribution is -2.33. The van der Waals surface area contributed by atoms with Crippen molar-refractivity contribution in [1.29, 1.82) is 0 Å². The van der Waals surface area contributed by atoms with Gasteiger partial charge in [0.25, 0.3) is 0 Å². The number of rotatable bonds is 7. The van der Waals surface area contributed by atoms with Gasteiger partial charge in [0, 0.05) is 4.90 Å². The highest BCUT2D eigenvalue weighted by Crippen LogP contribution is 2.44. The van der Waals surface area contributed by atoms with Crippen LogP contribution in [0.25, 0.3) is 17.2 Å². The Morgan fingerprint density at radius 1 is 1.17 bits per heavy atom. The van der Waals surface area contributed by atoms with Crippen molar-refractivity contribution < 1.29 is 14.4 Å².